The zero-order valence-electron chi connectivity index (χ0n) is 16.4. The SMILES string of the molecule is Cc1ccc(NC(=O)CCCN(c2cccc(C(F)(F)F)c2)S(C)(=O)=O)cc1C. The Kier molecular flexibility index (Phi) is 6.94. The summed E-state index contributed by atoms with van der Waals surface area (Å²) in [7, 11) is -3.81. The highest BCUT2D eigenvalue weighted by Gasteiger charge is 2.31. The summed E-state index contributed by atoms with van der Waals surface area (Å²) in [5.74, 6) is -0.300. The topological polar surface area (TPSA) is 66.5 Å². The Balaban J connectivity index is 2.05. The van der Waals surface area contributed by atoms with E-state index in [0.29, 0.717) is 5.69 Å². The van der Waals surface area contributed by atoms with E-state index in [1.165, 1.54) is 6.07 Å². The highest BCUT2D eigenvalue weighted by Crippen LogP contribution is 2.32. The molecule has 0 atom stereocenters. The van der Waals surface area contributed by atoms with Crippen LogP contribution >= 0.6 is 0 Å². The predicted molar refractivity (Wildman–Crippen MR) is 107 cm³/mol. The van der Waals surface area contributed by atoms with Crippen LogP contribution in [0.1, 0.15) is 29.5 Å². The van der Waals surface area contributed by atoms with Gasteiger partial charge in [-0.05, 0) is 61.7 Å². The highest BCUT2D eigenvalue weighted by molar-refractivity contribution is 7.92. The van der Waals surface area contributed by atoms with Gasteiger partial charge in [0.25, 0.3) is 0 Å². The molecule has 0 saturated carbocycles. The molecule has 0 radical (unpaired) electrons. The number of nitrogens with one attached hydrogen (secondary N) is 1. The number of anilines is 2. The largest absolute Gasteiger partial charge is 0.416 e. The number of sulfonamides is 1. The van der Waals surface area contributed by atoms with Gasteiger partial charge >= 0.3 is 6.18 Å². The van der Waals surface area contributed by atoms with Crippen molar-refractivity contribution in [2.75, 3.05) is 22.4 Å². The molecule has 0 aliphatic carbocycles. The van der Waals surface area contributed by atoms with Crippen LogP contribution in [0.25, 0.3) is 0 Å². The Hall–Kier alpha value is -2.55. The molecule has 0 aromatic heterocycles. The highest BCUT2D eigenvalue weighted by atomic mass is 32.2. The number of benzene rings is 2. The fourth-order valence-corrected chi connectivity index (χ4v) is 3.71. The van der Waals surface area contributed by atoms with Gasteiger partial charge in [-0.15, -0.1) is 0 Å². The van der Waals surface area contributed by atoms with Crippen LogP contribution in [0.2, 0.25) is 0 Å². The molecule has 0 spiro atoms. The summed E-state index contributed by atoms with van der Waals surface area (Å²) in [5, 5.41) is 2.74. The van der Waals surface area contributed by atoms with Crippen molar-refractivity contribution in [2.24, 2.45) is 0 Å². The number of hydrogen-bond acceptors (Lipinski definition) is 3. The molecule has 2 aromatic rings. The van der Waals surface area contributed by atoms with E-state index in [0.717, 1.165) is 39.9 Å². The normalized spacial score (nSPS) is 11.9. The van der Waals surface area contributed by atoms with E-state index in [1.807, 2.05) is 26.0 Å². The maximum Gasteiger partial charge on any atom is 0.416 e. The molecular weight excluding hydrogens is 405 g/mol. The summed E-state index contributed by atoms with van der Waals surface area (Å²) in [6, 6.07) is 9.60. The van der Waals surface area contributed by atoms with E-state index < -0.39 is 21.8 Å². The van der Waals surface area contributed by atoms with Crippen molar-refractivity contribution in [3.05, 3.63) is 59.2 Å². The third kappa shape index (κ3) is 6.49. The van der Waals surface area contributed by atoms with Crippen LogP contribution in [0.15, 0.2) is 42.5 Å². The van der Waals surface area contributed by atoms with Crippen molar-refractivity contribution >= 4 is 27.3 Å². The number of nitrogens with zero attached hydrogens (tertiary/aromatic N) is 1. The summed E-state index contributed by atoms with van der Waals surface area (Å²) in [6.45, 7) is 3.76. The molecule has 9 heteroatoms. The number of hydrogen-bond donors (Lipinski definition) is 1. The Morgan fingerprint density at radius 3 is 2.34 bits per heavy atom. The molecule has 29 heavy (non-hydrogen) atoms. The number of rotatable bonds is 7. The lowest BCUT2D eigenvalue weighted by Gasteiger charge is -2.23. The molecule has 2 rings (SSSR count). The Morgan fingerprint density at radius 2 is 1.76 bits per heavy atom. The van der Waals surface area contributed by atoms with Crippen LogP contribution in [-0.2, 0) is 21.0 Å². The van der Waals surface area contributed by atoms with E-state index in [4.69, 9.17) is 0 Å². The average molecular weight is 428 g/mol. The first-order chi connectivity index (χ1) is 13.4. The van der Waals surface area contributed by atoms with Gasteiger partial charge in [-0.2, -0.15) is 13.2 Å². The average Bonchev–Trinajstić information content (AvgIpc) is 2.60. The molecule has 2 aromatic carbocycles. The number of amides is 1. The molecule has 1 N–H and O–H groups in total. The first-order valence-corrected chi connectivity index (χ1v) is 10.7. The smallest absolute Gasteiger partial charge is 0.326 e. The van der Waals surface area contributed by atoms with E-state index in [2.05, 4.69) is 5.32 Å². The molecule has 5 nitrogen and oxygen atoms in total. The van der Waals surface area contributed by atoms with Crippen LogP contribution in [0.3, 0.4) is 0 Å². The van der Waals surface area contributed by atoms with Crippen molar-refractivity contribution < 1.29 is 26.4 Å². The first-order valence-electron chi connectivity index (χ1n) is 8.90. The van der Waals surface area contributed by atoms with Gasteiger partial charge < -0.3 is 5.32 Å². The van der Waals surface area contributed by atoms with Gasteiger partial charge in [0.05, 0.1) is 17.5 Å². The van der Waals surface area contributed by atoms with Crippen molar-refractivity contribution in [3.8, 4) is 0 Å². The van der Waals surface area contributed by atoms with E-state index in [9.17, 15) is 26.4 Å². The number of carbonyl (C=O) groups excluding carboxylic acids is 1. The minimum Gasteiger partial charge on any atom is -0.326 e. The third-order valence-electron chi connectivity index (χ3n) is 4.42. The van der Waals surface area contributed by atoms with Crippen LogP contribution < -0.4 is 9.62 Å². The van der Waals surface area contributed by atoms with Crippen molar-refractivity contribution in [3.63, 3.8) is 0 Å². The quantitative estimate of drug-likeness (QED) is 0.706. The standard InChI is InChI=1S/C20H23F3N2O3S/c1-14-9-10-17(12-15(14)2)24-19(26)8-5-11-25(29(3,27)28)18-7-4-6-16(13-18)20(21,22)23/h4,6-7,9-10,12-13H,5,8,11H2,1-3H3,(H,24,26). The predicted octanol–water partition coefficient (Wildman–Crippen LogP) is 4.51. The second kappa shape index (κ2) is 8.86. The Morgan fingerprint density at radius 1 is 1.07 bits per heavy atom. The molecule has 0 bridgehead atoms. The molecule has 0 aliphatic rings. The zero-order chi connectivity index (χ0) is 21.8. The molecule has 0 saturated heterocycles. The van der Waals surface area contributed by atoms with E-state index in [1.54, 1.807) is 6.07 Å². The molecule has 158 valence electrons. The maximum absolute atomic E-state index is 12.9. The fourth-order valence-electron chi connectivity index (χ4n) is 2.75. The summed E-state index contributed by atoms with van der Waals surface area (Å²) < 4.78 is 63.8. The van der Waals surface area contributed by atoms with Gasteiger partial charge in [0.2, 0.25) is 15.9 Å². The number of carbonyl (C=O) groups is 1. The first kappa shape index (κ1) is 22.7. The monoisotopic (exact) mass is 428 g/mol. The molecule has 1 amide bonds. The van der Waals surface area contributed by atoms with Crippen molar-refractivity contribution in [1.82, 2.24) is 0 Å². The number of alkyl halides is 3. The maximum atomic E-state index is 12.9. The van der Waals surface area contributed by atoms with Crippen LogP contribution in [-0.4, -0.2) is 27.1 Å². The van der Waals surface area contributed by atoms with Gasteiger partial charge in [-0.25, -0.2) is 8.42 Å². The van der Waals surface area contributed by atoms with Crippen LogP contribution in [0.4, 0.5) is 24.5 Å². The van der Waals surface area contributed by atoms with Gasteiger partial charge in [-0.3, -0.25) is 9.10 Å². The lowest BCUT2D eigenvalue weighted by molar-refractivity contribution is -0.137. The third-order valence-corrected chi connectivity index (χ3v) is 5.61. The zero-order valence-corrected chi connectivity index (χ0v) is 17.2. The molecule has 0 heterocycles. The van der Waals surface area contributed by atoms with E-state index >= 15 is 0 Å². The molecular formula is C20H23F3N2O3S. The number of halogens is 3. The number of aryl methyl sites for hydroxylation is 2. The van der Waals surface area contributed by atoms with Gasteiger partial charge in [0.1, 0.15) is 0 Å². The Labute approximate surface area is 168 Å². The van der Waals surface area contributed by atoms with E-state index in [-0.39, 0.29) is 31.0 Å². The molecule has 0 aliphatic heterocycles. The summed E-state index contributed by atoms with van der Waals surface area (Å²) in [5.41, 5.74) is 1.73. The van der Waals surface area contributed by atoms with Crippen molar-refractivity contribution in [2.45, 2.75) is 32.9 Å². The summed E-state index contributed by atoms with van der Waals surface area (Å²) in [4.78, 5) is 12.1. The summed E-state index contributed by atoms with van der Waals surface area (Å²) >= 11 is 0. The fraction of sp³-hybridized carbons (Fsp3) is 0.350. The van der Waals surface area contributed by atoms with Gasteiger partial charge in [0.15, 0.2) is 0 Å². The minimum atomic E-state index is -4.58. The molecule has 0 fully saturated rings. The van der Waals surface area contributed by atoms with Crippen molar-refractivity contribution in [1.29, 1.82) is 0 Å². The van der Waals surface area contributed by atoms with Crippen LogP contribution in [0.5, 0.6) is 0 Å². The molecule has 0 unspecified atom stereocenters. The minimum absolute atomic E-state index is 0.0257. The second-order valence-corrected chi connectivity index (χ2v) is 8.74. The second-order valence-electron chi connectivity index (χ2n) is 6.83. The van der Waals surface area contributed by atoms with Gasteiger partial charge in [0, 0.05) is 18.7 Å². The summed E-state index contributed by atoms with van der Waals surface area (Å²) in [6.07, 6.45) is -3.48. The van der Waals surface area contributed by atoms with Gasteiger partial charge in [-0.1, -0.05) is 12.1 Å². The lowest BCUT2D eigenvalue weighted by Crippen LogP contribution is -2.31. The van der Waals surface area contributed by atoms with Crippen LogP contribution in [0, 0.1) is 13.8 Å². The lowest BCUT2D eigenvalue weighted by atomic mass is 10.1. The Bertz CT molecular complexity index is 989.